The van der Waals surface area contributed by atoms with Gasteiger partial charge in [-0.1, -0.05) is 24.3 Å². The van der Waals surface area contributed by atoms with E-state index >= 15 is 0 Å². The van der Waals surface area contributed by atoms with Crippen molar-refractivity contribution in [1.82, 2.24) is 9.97 Å². The number of anilines is 1. The van der Waals surface area contributed by atoms with Crippen LogP contribution in [0, 0.1) is 0 Å². The molecule has 2 aliphatic carbocycles. The Hall–Kier alpha value is -1.90. The Bertz CT molecular complexity index is 625. The van der Waals surface area contributed by atoms with E-state index in [9.17, 15) is 0 Å². The summed E-state index contributed by atoms with van der Waals surface area (Å²) in [4.78, 5) is 9.35. The molecule has 2 aliphatic rings. The summed E-state index contributed by atoms with van der Waals surface area (Å²) in [6.45, 7) is 0. The molecule has 0 bridgehead atoms. The third-order valence-electron chi connectivity index (χ3n) is 4.22. The van der Waals surface area contributed by atoms with Gasteiger partial charge in [-0.2, -0.15) is 0 Å². The van der Waals surface area contributed by atoms with Gasteiger partial charge in [0.25, 0.3) is 0 Å². The summed E-state index contributed by atoms with van der Waals surface area (Å²) in [5.41, 5.74) is 3.76. The van der Waals surface area contributed by atoms with Crippen molar-refractivity contribution in [2.24, 2.45) is 0 Å². The lowest BCUT2D eigenvalue weighted by molar-refractivity contribution is 0.994. The van der Waals surface area contributed by atoms with Gasteiger partial charge in [-0.25, -0.2) is 9.97 Å². The molecule has 20 heavy (non-hydrogen) atoms. The van der Waals surface area contributed by atoms with Crippen molar-refractivity contribution in [2.45, 2.75) is 37.5 Å². The van der Waals surface area contributed by atoms with Crippen LogP contribution in [-0.2, 0) is 0 Å². The molecule has 102 valence electrons. The molecule has 0 unspecified atom stereocenters. The Balaban J connectivity index is 1.70. The van der Waals surface area contributed by atoms with Crippen molar-refractivity contribution < 1.29 is 0 Å². The van der Waals surface area contributed by atoms with E-state index in [2.05, 4.69) is 40.6 Å². The Morgan fingerprint density at radius 2 is 1.65 bits per heavy atom. The average Bonchev–Trinajstić information content (AvgIpc) is 3.39. The first-order valence-electron chi connectivity index (χ1n) is 7.50. The minimum atomic E-state index is 0.648. The normalized spacial score (nSPS) is 18.1. The number of aromatic nitrogens is 2. The zero-order valence-corrected chi connectivity index (χ0v) is 11.8. The van der Waals surface area contributed by atoms with Gasteiger partial charge in [-0.15, -0.1) is 0 Å². The molecule has 2 fully saturated rings. The molecule has 1 aromatic heterocycles. The van der Waals surface area contributed by atoms with Crippen molar-refractivity contribution in [1.29, 1.82) is 0 Å². The first-order chi connectivity index (χ1) is 9.83. The summed E-state index contributed by atoms with van der Waals surface area (Å²) in [6, 6.07) is 10.9. The summed E-state index contributed by atoms with van der Waals surface area (Å²) in [5.74, 6) is 3.22. The molecule has 0 saturated heterocycles. The maximum Gasteiger partial charge on any atom is 0.161 e. The number of hydrogen-bond donors (Lipinski definition) is 1. The molecule has 4 rings (SSSR count). The van der Waals surface area contributed by atoms with Crippen molar-refractivity contribution in [2.75, 3.05) is 12.4 Å². The lowest BCUT2D eigenvalue weighted by atomic mass is 10.1. The summed E-state index contributed by atoms with van der Waals surface area (Å²) in [7, 11) is 1.92. The predicted octanol–water partition coefficient (Wildman–Crippen LogP) is 3.94. The van der Waals surface area contributed by atoms with Crippen LogP contribution in [0.3, 0.4) is 0 Å². The van der Waals surface area contributed by atoms with Crippen LogP contribution in [0.1, 0.15) is 48.8 Å². The Morgan fingerprint density at radius 3 is 2.25 bits per heavy atom. The van der Waals surface area contributed by atoms with Crippen LogP contribution in [0.2, 0.25) is 0 Å². The molecule has 0 atom stereocenters. The first-order valence-corrected chi connectivity index (χ1v) is 7.50. The summed E-state index contributed by atoms with van der Waals surface area (Å²) in [6.07, 6.45) is 5.22. The molecular weight excluding hydrogens is 246 g/mol. The first kappa shape index (κ1) is 11.9. The van der Waals surface area contributed by atoms with Crippen molar-refractivity contribution in [3.63, 3.8) is 0 Å². The molecule has 3 heteroatoms. The average molecular weight is 265 g/mol. The second-order valence-electron chi connectivity index (χ2n) is 5.92. The second-order valence-corrected chi connectivity index (χ2v) is 5.92. The maximum atomic E-state index is 4.75. The summed E-state index contributed by atoms with van der Waals surface area (Å²) in [5, 5.41) is 3.15. The fourth-order valence-corrected chi connectivity index (χ4v) is 2.63. The molecule has 0 radical (unpaired) electrons. The maximum absolute atomic E-state index is 4.75. The summed E-state index contributed by atoms with van der Waals surface area (Å²) >= 11 is 0. The van der Waals surface area contributed by atoms with Gasteiger partial charge in [0, 0.05) is 30.3 Å². The van der Waals surface area contributed by atoms with E-state index < -0.39 is 0 Å². The zero-order valence-electron chi connectivity index (χ0n) is 11.8. The smallest absolute Gasteiger partial charge is 0.161 e. The van der Waals surface area contributed by atoms with E-state index in [-0.39, 0.29) is 0 Å². The highest BCUT2D eigenvalue weighted by Gasteiger charge is 2.26. The molecule has 2 aromatic rings. The predicted molar refractivity (Wildman–Crippen MR) is 81.0 cm³/mol. The molecule has 2 saturated carbocycles. The van der Waals surface area contributed by atoms with E-state index in [0.717, 1.165) is 23.1 Å². The quantitative estimate of drug-likeness (QED) is 0.910. The van der Waals surface area contributed by atoms with Gasteiger partial charge in [-0.05, 0) is 37.2 Å². The second kappa shape index (κ2) is 4.58. The molecule has 0 spiro atoms. The molecule has 3 nitrogen and oxygen atoms in total. The molecule has 1 aromatic carbocycles. The number of benzene rings is 1. The monoisotopic (exact) mass is 265 g/mol. The third kappa shape index (κ3) is 2.28. The standard InChI is InChI=1S/C17H19N3/c1-18-16-10-15(13-6-7-13)19-17(20-16)14-8-4-12(5-9-14)11-2-3-11/h4-5,8-11,13H,2-3,6-7H2,1H3,(H,18,19,20). The van der Waals surface area contributed by atoms with E-state index in [4.69, 9.17) is 4.98 Å². The van der Waals surface area contributed by atoms with E-state index in [1.165, 1.54) is 36.9 Å². The van der Waals surface area contributed by atoms with Crippen LogP contribution in [-0.4, -0.2) is 17.0 Å². The van der Waals surface area contributed by atoms with Crippen LogP contribution >= 0.6 is 0 Å². The van der Waals surface area contributed by atoms with Gasteiger partial charge >= 0.3 is 0 Å². The van der Waals surface area contributed by atoms with Gasteiger partial charge in [0.15, 0.2) is 5.82 Å². The lowest BCUT2D eigenvalue weighted by Crippen LogP contribution is -2.00. The lowest BCUT2D eigenvalue weighted by Gasteiger charge is -2.08. The van der Waals surface area contributed by atoms with Crippen molar-refractivity contribution in [3.8, 4) is 11.4 Å². The van der Waals surface area contributed by atoms with Crippen LogP contribution < -0.4 is 5.32 Å². The Kier molecular flexibility index (Phi) is 2.72. The molecule has 0 aliphatic heterocycles. The molecule has 1 N–H and O–H groups in total. The number of rotatable bonds is 4. The molecule has 0 amide bonds. The van der Waals surface area contributed by atoms with Crippen LogP contribution in [0.25, 0.3) is 11.4 Å². The largest absolute Gasteiger partial charge is 0.373 e. The fourth-order valence-electron chi connectivity index (χ4n) is 2.63. The number of nitrogens with zero attached hydrogens (tertiary/aromatic N) is 2. The molecular formula is C17H19N3. The highest BCUT2D eigenvalue weighted by molar-refractivity contribution is 5.58. The minimum absolute atomic E-state index is 0.648. The van der Waals surface area contributed by atoms with Gasteiger partial charge in [0.2, 0.25) is 0 Å². The van der Waals surface area contributed by atoms with Crippen LogP contribution in [0.4, 0.5) is 5.82 Å². The van der Waals surface area contributed by atoms with Crippen LogP contribution in [0.5, 0.6) is 0 Å². The number of nitrogens with one attached hydrogen (secondary N) is 1. The third-order valence-corrected chi connectivity index (χ3v) is 4.22. The Morgan fingerprint density at radius 1 is 0.950 bits per heavy atom. The number of hydrogen-bond acceptors (Lipinski definition) is 3. The summed E-state index contributed by atoms with van der Waals surface area (Å²) < 4.78 is 0. The van der Waals surface area contributed by atoms with E-state index in [1.54, 1.807) is 0 Å². The highest BCUT2D eigenvalue weighted by atomic mass is 15.0. The minimum Gasteiger partial charge on any atom is -0.373 e. The SMILES string of the molecule is CNc1cc(C2CC2)nc(-c2ccc(C3CC3)cc2)n1. The topological polar surface area (TPSA) is 37.8 Å². The zero-order chi connectivity index (χ0) is 13.5. The fraction of sp³-hybridized carbons (Fsp3) is 0.412. The van der Waals surface area contributed by atoms with E-state index in [1.807, 2.05) is 7.05 Å². The van der Waals surface area contributed by atoms with Gasteiger partial charge in [0.1, 0.15) is 5.82 Å². The Labute approximate surface area is 119 Å². The van der Waals surface area contributed by atoms with Crippen LogP contribution in [0.15, 0.2) is 30.3 Å². The van der Waals surface area contributed by atoms with Gasteiger partial charge in [0.05, 0.1) is 0 Å². The van der Waals surface area contributed by atoms with Crippen molar-refractivity contribution >= 4 is 5.82 Å². The van der Waals surface area contributed by atoms with E-state index in [0.29, 0.717) is 5.92 Å². The highest BCUT2D eigenvalue weighted by Crippen LogP contribution is 2.41. The van der Waals surface area contributed by atoms with Gasteiger partial charge < -0.3 is 5.32 Å². The van der Waals surface area contributed by atoms with Crippen molar-refractivity contribution in [3.05, 3.63) is 41.6 Å². The molecule has 1 heterocycles. The van der Waals surface area contributed by atoms with Gasteiger partial charge in [-0.3, -0.25) is 0 Å².